The molecule has 1 unspecified atom stereocenters. The molecule has 0 aliphatic carbocycles. The van der Waals surface area contributed by atoms with E-state index in [0.29, 0.717) is 6.04 Å². The lowest BCUT2D eigenvalue weighted by atomic mass is 10.2. The Morgan fingerprint density at radius 1 is 1.47 bits per heavy atom. The summed E-state index contributed by atoms with van der Waals surface area (Å²) in [5.41, 5.74) is 1.31. The Balaban J connectivity index is 2.53. The van der Waals surface area contributed by atoms with Crippen molar-refractivity contribution >= 4 is 11.8 Å². The minimum Gasteiger partial charge on any atom is -0.465 e. The van der Waals surface area contributed by atoms with Crippen molar-refractivity contribution in [2.75, 3.05) is 25.6 Å². The predicted octanol–water partition coefficient (Wildman–Crippen LogP) is 3.27. The Kier molecular flexibility index (Phi) is 7.57. The van der Waals surface area contributed by atoms with Gasteiger partial charge in [-0.15, -0.1) is 0 Å². The first-order valence-corrected chi connectivity index (χ1v) is 8.45. The molecule has 0 aromatic carbocycles. The number of hydrogen-bond donors (Lipinski definition) is 1. The Morgan fingerprint density at radius 2 is 2.21 bits per heavy atom. The summed E-state index contributed by atoms with van der Waals surface area (Å²) < 4.78 is 5.79. The Bertz CT molecular complexity index is 365. The van der Waals surface area contributed by atoms with Gasteiger partial charge in [0.25, 0.3) is 0 Å². The van der Waals surface area contributed by atoms with E-state index in [-0.39, 0.29) is 0 Å². The maximum Gasteiger partial charge on any atom is 0.118 e. The Morgan fingerprint density at radius 3 is 2.84 bits per heavy atom. The van der Waals surface area contributed by atoms with Crippen LogP contribution < -0.4 is 5.32 Å². The summed E-state index contributed by atoms with van der Waals surface area (Å²) in [5.74, 6) is 3.32. The lowest BCUT2D eigenvalue weighted by Gasteiger charge is -2.24. The summed E-state index contributed by atoms with van der Waals surface area (Å²) in [5, 5.41) is 3.30. The first-order chi connectivity index (χ1) is 9.08. The van der Waals surface area contributed by atoms with Gasteiger partial charge in [0.1, 0.15) is 11.5 Å². The van der Waals surface area contributed by atoms with Gasteiger partial charge in [0.05, 0.1) is 6.54 Å². The van der Waals surface area contributed by atoms with Gasteiger partial charge in [-0.2, -0.15) is 11.8 Å². The van der Waals surface area contributed by atoms with Gasteiger partial charge in [0.15, 0.2) is 0 Å². The third-order valence-electron chi connectivity index (χ3n) is 3.53. The average molecular weight is 284 g/mol. The second-order valence-electron chi connectivity index (χ2n) is 5.12. The number of nitrogens with zero attached hydrogens (tertiary/aromatic N) is 1. The van der Waals surface area contributed by atoms with E-state index in [0.717, 1.165) is 31.2 Å². The van der Waals surface area contributed by atoms with Crippen molar-refractivity contribution in [2.24, 2.45) is 0 Å². The van der Waals surface area contributed by atoms with E-state index < -0.39 is 0 Å². The van der Waals surface area contributed by atoms with Gasteiger partial charge in [0, 0.05) is 18.2 Å². The van der Waals surface area contributed by atoms with Crippen molar-refractivity contribution in [2.45, 2.75) is 46.3 Å². The molecule has 1 atom stereocenters. The summed E-state index contributed by atoms with van der Waals surface area (Å²) in [6, 6.07) is 2.80. The molecule has 0 bridgehead atoms. The largest absolute Gasteiger partial charge is 0.465 e. The molecule has 4 heteroatoms. The molecule has 1 heterocycles. The highest BCUT2D eigenvalue weighted by atomic mass is 32.2. The van der Waals surface area contributed by atoms with E-state index in [4.69, 9.17) is 4.42 Å². The van der Waals surface area contributed by atoms with Crippen molar-refractivity contribution in [3.8, 4) is 0 Å². The topological polar surface area (TPSA) is 28.4 Å². The molecule has 3 nitrogen and oxygen atoms in total. The molecule has 0 fully saturated rings. The van der Waals surface area contributed by atoms with Crippen molar-refractivity contribution in [3.63, 3.8) is 0 Å². The number of rotatable bonds is 9. The predicted molar refractivity (Wildman–Crippen MR) is 84.8 cm³/mol. The second kappa shape index (κ2) is 8.67. The molecule has 1 aromatic rings. The lowest BCUT2D eigenvalue weighted by Crippen LogP contribution is -2.29. The normalized spacial score (nSPS) is 13.2. The standard InChI is InChI=1S/C15H28N2OS/c1-6-16-10-15-9-14(13(3)18-15)11-17(4)12(2)7-8-19-5/h9,12,16H,6-8,10-11H2,1-5H3. The van der Waals surface area contributed by atoms with Crippen LogP contribution in [0.1, 0.15) is 37.4 Å². The lowest BCUT2D eigenvalue weighted by molar-refractivity contribution is 0.243. The second-order valence-corrected chi connectivity index (χ2v) is 6.11. The van der Waals surface area contributed by atoms with Crippen LogP contribution in [0.3, 0.4) is 0 Å². The zero-order valence-corrected chi connectivity index (χ0v) is 13.8. The maximum atomic E-state index is 5.79. The molecule has 1 aromatic heterocycles. The molecule has 110 valence electrons. The SMILES string of the molecule is CCNCc1cc(CN(C)C(C)CCSC)c(C)o1. The summed E-state index contributed by atoms with van der Waals surface area (Å²) in [6.45, 7) is 9.23. The fourth-order valence-electron chi connectivity index (χ4n) is 2.01. The smallest absolute Gasteiger partial charge is 0.118 e. The minimum atomic E-state index is 0.610. The van der Waals surface area contributed by atoms with Crippen LogP contribution in [0.15, 0.2) is 10.5 Å². The molecule has 0 spiro atoms. The van der Waals surface area contributed by atoms with Gasteiger partial charge in [0.2, 0.25) is 0 Å². The van der Waals surface area contributed by atoms with E-state index in [2.05, 4.69) is 50.4 Å². The van der Waals surface area contributed by atoms with Crippen LogP contribution in [0, 0.1) is 6.92 Å². The first-order valence-electron chi connectivity index (χ1n) is 7.06. The van der Waals surface area contributed by atoms with Gasteiger partial charge < -0.3 is 9.73 Å². The molecule has 0 amide bonds. The minimum absolute atomic E-state index is 0.610. The molecular formula is C15H28N2OS. The zero-order valence-electron chi connectivity index (χ0n) is 13.0. The van der Waals surface area contributed by atoms with Crippen LogP contribution in [0.5, 0.6) is 0 Å². The Hall–Kier alpha value is -0.450. The van der Waals surface area contributed by atoms with E-state index >= 15 is 0 Å². The van der Waals surface area contributed by atoms with Crippen LogP contribution >= 0.6 is 11.8 Å². The molecule has 1 N–H and O–H groups in total. The quantitative estimate of drug-likeness (QED) is 0.753. The van der Waals surface area contributed by atoms with Gasteiger partial charge in [-0.05, 0) is 51.9 Å². The molecule has 0 radical (unpaired) electrons. The van der Waals surface area contributed by atoms with Gasteiger partial charge in [-0.1, -0.05) is 6.92 Å². The number of aryl methyl sites for hydroxylation is 1. The fourth-order valence-corrected chi connectivity index (χ4v) is 2.59. The van der Waals surface area contributed by atoms with Crippen molar-refractivity contribution in [3.05, 3.63) is 23.2 Å². The van der Waals surface area contributed by atoms with Crippen LogP contribution in [0.2, 0.25) is 0 Å². The summed E-state index contributed by atoms with van der Waals surface area (Å²) >= 11 is 1.92. The molecule has 0 aliphatic heterocycles. The summed E-state index contributed by atoms with van der Waals surface area (Å²) in [7, 11) is 2.20. The maximum absolute atomic E-state index is 5.79. The first kappa shape index (κ1) is 16.6. The van der Waals surface area contributed by atoms with E-state index in [1.807, 2.05) is 11.8 Å². The third kappa shape index (κ3) is 5.59. The summed E-state index contributed by atoms with van der Waals surface area (Å²) in [4.78, 5) is 2.41. The Labute approximate surface area is 122 Å². The fraction of sp³-hybridized carbons (Fsp3) is 0.733. The zero-order chi connectivity index (χ0) is 14.3. The highest BCUT2D eigenvalue weighted by molar-refractivity contribution is 7.98. The highest BCUT2D eigenvalue weighted by Gasteiger charge is 2.13. The molecular weight excluding hydrogens is 256 g/mol. The number of nitrogens with one attached hydrogen (secondary N) is 1. The van der Waals surface area contributed by atoms with Gasteiger partial charge in [-0.3, -0.25) is 4.90 Å². The van der Waals surface area contributed by atoms with Crippen molar-refractivity contribution in [1.29, 1.82) is 0 Å². The number of thioether (sulfide) groups is 1. The molecule has 19 heavy (non-hydrogen) atoms. The average Bonchev–Trinajstić information content (AvgIpc) is 2.74. The molecule has 0 aliphatic rings. The monoisotopic (exact) mass is 284 g/mol. The van der Waals surface area contributed by atoms with Crippen LogP contribution in [-0.4, -0.2) is 36.5 Å². The number of furan rings is 1. The van der Waals surface area contributed by atoms with Crippen molar-refractivity contribution in [1.82, 2.24) is 10.2 Å². The van der Waals surface area contributed by atoms with E-state index in [1.165, 1.54) is 17.7 Å². The molecule has 0 saturated carbocycles. The molecule has 0 saturated heterocycles. The van der Waals surface area contributed by atoms with Crippen molar-refractivity contribution < 1.29 is 4.42 Å². The number of hydrogen-bond acceptors (Lipinski definition) is 4. The van der Waals surface area contributed by atoms with Crippen LogP contribution in [-0.2, 0) is 13.1 Å². The van der Waals surface area contributed by atoms with E-state index in [9.17, 15) is 0 Å². The van der Waals surface area contributed by atoms with E-state index in [1.54, 1.807) is 0 Å². The van der Waals surface area contributed by atoms with Crippen LogP contribution in [0.25, 0.3) is 0 Å². The van der Waals surface area contributed by atoms with Gasteiger partial charge >= 0.3 is 0 Å². The highest BCUT2D eigenvalue weighted by Crippen LogP contribution is 2.18. The van der Waals surface area contributed by atoms with Gasteiger partial charge in [-0.25, -0.2) is 0 Å². The van der Waals surface area contributed by atoms with Crippen LogP contribution in [0.4, 0.5) is 0 Å². The summed E-state index contributed by atoms with van der Waals surface area (Å²) in [6.07, 6.45) is 3.40. The third-order valence-corrected chi connectivity index (χ3v) is 4.18. The molecule has 1 rings (SSSR count).